The number of hydrogen-bond acceptors (Lipinski definition) is 4. The zero-order valence-corrected chi connectivity index (χ0v) is 33.1. The molecule has 0 amide bonds. The monoisotopic (exact) mass is 780 g/mol. The third kappa shape index (κ3) is 7.94. The van der Waals surface area contributed by atoms with E-state index >= 15 is 0 Å². The molecule has 0 saturated heterocycles. The summed E-state index contributed by atoms with van der Waals surface area (Å²) in [4.78, 5) is 6.88. The van der Waals surface area contributed by atoms with Gasteiger partial charge in [-0.2, -0.15) is 9.13 Å². The molecule has 0 aliphatic rings. The average Bonchev–Trinajstić information content (AvgIpc) is 3.21. The molecule has 0 radical (unpaired) electrons. The molecule has 266 valence electrons. The molecule has 6 aromatic carbocycles. The summed E-state index contributed by atoms with van der Waals surface area (Å²) in [6.07, 6.45) is 4.37. The molecule has 0 fully saturated rings. The lowest BCUT2D eigenvalue weighted by molar-refractivity contribution is -0.662. The average molecular weight is 782 g/mol. The normalized spacial score (nSPS) is 11.3. The summed E-state index contributed by atoms with van der Waals surface area (Å²) in [5.74, 6) is 0. The van der Waals surface area contributed by atoms with Gasteiger partial charge in [0.15, 0.2) is 25.5 Å². The fourth-order valence-electron chi connectivity index (χ4n) is 6.80. The molecule has 0 unspecified atom stereocenters. The topological polar surface area (TPSA) is 14.2 Å². The van der Waals surface area contributed by atoms with Gasteiger partial charge in [-0.3, -0.25) is 0 Å². The fourth-order valence-corrected chi connectivity index (χ4v) is 8.98. The van der Waals surface area contributed by atoms with Crippen molar-refractivity contribution in [3.63, 3.8) is 0 Å². The summed E-state index contributed by atoms with van der Waals surface area (Å²) in [5.41, 5.74) is 9.41. The van der Waals surface area contributed by atoms with Crippen LogP contribution in [0.25, 0.3) is 21.8 Å². The maximum absolute atomic E-state index is 6.15. The van der Waals surface area contributed by atoms with Crippen LogP contribution in [0, 0.1) is 0 Å². The Hall–Kier alpha value is -4.98. The van der Waals surface area contributed by atoms with Crippen molar-refractivity contribution >= 4 is 89.3 Å². The minimum Gasteiger partial charge on any atom is -0.344 e. The van der Waals surface area contributed by atoms with E-state index in [4.69, 9.17) is 23.2 Å². The highest BCUT2D eigenvalue weighted by molar-refractivity contribution is 8.76. The number of pyridine rings is 2. The van der Waals surface area contributed by atoms with Crippen LogP contribution in [-0.2, 0) is 13.1 Å². The zero-order valence-electron chi connectivity index (χ0n) is 29.9. The first-order valence-electron chi connectivity index (χ1n) is 17.7. The molecule has 0 bridgehead atoms. The van der Waals surface area contributed by atoms with Gasteiger partial charge in [0.2, 0.25) is 11.0 Å². The van der Waals surface area contributed by atoms with Crippen LogP contribution in [0.2, 0.25) is 10.0 Å². The highest BCUT2D eigenvalue weighted by Crippen LogP contribution is 2.38. The summed E-state index contributed by atoms with van der Waals surface area (Å²) in [6, 6.07) is 55.4. The Morgan fingerprint density at radius 1 is 0.444 bits per heavy atom. The summed E-state index contributed by atoms with van der Waals surface area (Å²) < 4.78 is 4.64. The van der Waals surface area contributed by atoms with E-state index < -0.39 is 0 Å². The molecule has 0 atom stereocenters. The Balaban J connectivity index is 0.909. The summed E-state index contributed by atoms with van der Waals surface area (Å²) >= 11 is 12.3. The van der Waals surface area contributed by atoms with Crippen molar-refractivity contribution in [2.75, 3.05) is 23.9 Å². The number of fused-ring (bicyclic) bond motifs is 2. The lowest BCUT2D eigenvalue weighted by Gasteiger charge is -2.21. The highest BCUT2D eigenvalue weighted by atomic mass is 35.5. The molecule has 8 aromatic rings. The van der Waals surface area contributed by atoms with Gasteiger partial charge in [0.1, 0.15) is 0 Å². The van der Waals surface area contributed by atoms with Gasteiger partial charge in [0, 0.05) is 80.7 Å². The van der Waals surface area contributed by atoms with Crippen molar-refractivity contribution in [3.8, 4) is 0 Å². The van der Waals surface area contributed by atoms with Crippen LogP contribution in [0.5, 0.6) is 0 Å². The molecule has 4 nitrogen and oxygen atoms in total. The first-order valence-corrected chi connectivity index (χ1v) is 20.6. The van der Waals surface area contributed by atoms with E-state index in [1.165, 1.54) is 42.7 Å². The molecule has 2 aromatic heterocycles. The van der Waals surface area contributed by atoms with Gasteiger partial charge in [-0.15, -0.1) is 0 Å². The Morgan fingerprint density at radius 3 is 1.20 bits per heavy atom. The molecule has 8 heteroatoms. The number of aromatic nitrogens is 2. The molecular weight excluding hydrogens is 744 g/mol. The van der Waals surface area contributed by atoms with Gasteiger partial charge in [0.05, 0.1) is 22.1 Å². The predicted octanol–water partition coefficient (Wildman–Crippen LogP) is 12.3. The van der Waals surface area contributed by atoms with E-state index in [0.717, 1.165) is 45.9 Å². The third-order valence-corrected chi connectivity index (χ3v) is 12.7. The second-order valence-corrected chi connectivity index (χ2v) is 16.4. The Morgan fingerprint density at radius 2 is 0.815 bits per heavy atom. The summed E-state index contributed by atoms with van der Waals surface area (Å²) in [6.45, 7) is 1.58. The first kappa shape index (κ1) is 36.0. The van der Waals surface area contributed by atoms with Crippen molar-refractivity contribution in [3.05, 3.63) is 191 Å². The van der Waals surface area contributed by atoms with E-state index in [1.54, 1.807) is 21.6 Å². The molecule has 8 rings (SSSR count). The standard InChI is InChI=1S/C46H38Cl2N4S2/c1-49(37-19-15-35(47)16-20-37)43-27-29-51(45-9-5-3-7-41(43)45)31-33-11-23-39(24-12-33)53-54-40-25-13-34(14-26-40)32-52-30-28-44(42-8-4-6-10-46(42)52)50(2)38-21-17-36(48)18-22-38/h3-30H,31-32H2,1-2H3/q+2. The summed E-state index contributed by atoms with van der Waals surface area (Å²) in [7, 11) is 7.78. The predicted molar refractivity (Wildman–Crippen MR) is 230 cm³/mol. The largest absolute Gasteiger partial charge is 0.344 e. The maximum Gasteiger partial charge on any atom is 0.214 e. The van der Waals surface area contributed by atoms with E-state index in [0.29, 0.717) is 0 Å². The molecular formula is C46H38Cl2N4S2+2. The van der Waals surface area contributed by atoms with Gasteiger partial charge >= 0.3 is 0 Å². The Labute approximate surface area is 334 Å². The fraction of sp³-hybridized carbons (Fsp3) is 0.0870. The number of rotatable bonds is 11. The molecule has 0 spiro atoms. The Kier molecular flexibility index (Phi) is 10.8. The lowest BCUT2D eigenvalue weighted by Crippen LogP contribution is -2.35. The van der Waals surface area contributed by atoms with Crippen LogP contribution in [0.3, 0.4) is 0 Å². The lowest BCUT2D eigenvalue weighted by atomic mass is 10.1. The molecule has 54 heavy (non-hydrogen) atoms. The van der Waals surface area contributed by atoms with Crippen molar-refractivity contribution in [1.82, 2.24) is 0 Å². The van der Waals surface area contributed by atoms with Crippen molar-refractivity contribution in [2.45, 2.75) is 22.9 Å². The van der Waals surface area contributed by atoms with Crippen molar-refractivity contribution in [1.29, 1.82) is 0 Å². The zero-order chi connectivity index (χ0) is 37.0. The summed E-state index contributed by atoms with van der Waals surface area (Å²) in [5, 5.41) is 3.88. The first-order chi connectivity index (χ1) is 26.4. The maximum atomic E-state index is 6.15. The minimum absolute atomic E-state index is 0.738. The second-order valence-electron chi connectivity index (χ2n) is 13.2. The quantitative estimate of drug-likeness (QED) is 0.0958. The highest BCUT2D eigenvalue weighted by Gasteiger charge is 2.18. The van der Waals surface area contributed by atoms with Crippen LogP contribution >= 0.6 is 44.8 Å². The van der Waals surface area contributed by atoms with Gasteiger partial charge < -0.3 is 9.80 Å². The van der Waals surface area contributed by atoms with E-state index in [9.17, 15) is 0 Å². The molecule has 0 saturated carbocycles. The van der Waals surface area contributed by atoms with Crippen LogP contribution in [0.4, 0.5) is 22.7 Å². The number of nitrogens with zero attached hydrogens (tertiary/aromatic N) is 4. The smallest absolute Gasteiger partial charge is 0.214 e. The number of anilines is 4. The van der Waals surface area contributed by atoms with Crippen LogP contribution in [0.15, 0.2) is 180 Å². The molecule has 0 aliphatic heterocycles. The third-order valence-electron chi connectivity index (χ3n) is 9.74. The molecule has 0 aliphatic carbocycles. The van der Waals surface area contributed by atoms with Crippen molar-refractivity contribution < 1.29 is 9.13 Å². The van der Waals surface area contributed by atoms with Gasteiger partial charge in [-0.05, 0) is 84.9 Å². The molecule has 2 heterocycles. The van der Waals surface area contributed by atoms with Crippen LogP contribution < -0.4 is 18.9 Å². The van der Waals surface area contributed by atoms with E-state index in [1.807, 2.05) is 24.3 Å². The number of benzene rings is 6. The Bertz CT molecular complexity index is 2360. The van der Waals surface area contributed by atoms with Gasteiger partial charge in [0.25, 0.3) is 0 Å². The molecule has 0 N–H and O–H groups in total. The van der Waals surface area contributed by atoms with Crippen molar-refractivity contribution in [2.24, 2.45) is 0 Å². The number of halogens is 2. The van der Waals surface area contributed by atoms with E-state index in [2.05, 4.69) is 179 Å². The van der Waals surface area contributed by atoms with E-state index in [-0.39, 0.29) is 0 Å². The number of hydrogen-bond donors (Lipinski definition) is 0. The number of para-hydroxylation sites is 2. The van der Waals surface area contributed by atoms with Crippen LogP contribution in [0.1, 0.15) is 11.1 Å². The minimum atomic E-state index is 0.738. The van der Waals surface area contributed by atoms with Crippen LogP contribution in [-0.4, -0.2) is 14.1 Å². The second kappa shape index (κ2) is 16.2. The SMILES string of the molecule is CN(c1ccc(Cl)cc1)c1cc[n+](Cc2ccc(SSc3ccc(C[n+]4ccc(N(C)c5ccc(Cl)cc5)c5ccccc54)cc3)cc2)c2ccccc12. The van der Waals surface area contributed by atoms with Gasteiger partial charge in [-0.1, -0.05) is 93.3 Å². The van der Waals surface area contributed by atoms with Gasteiger partial charge in [-0.25, -0.2) is 0 Å².